The summed E-state index contributed by atoms with van der Waals surface area (Å²) in [6.07, 6.45) is 8.70. The average molecular weight is 333 g/mol. The minimum Gasteiger partial charge on any atom is -0.395 e. The predicted molar refractivity (Wildman–Crippen MR) is 105 cm³/mol. The molecule has 0 spiro atoms. The lowest BCUT2D eigenvalue weighted by atomic mass is 9.86. The summed E-state index contributed by atoms with van der Waals surface area (Å²) in [5.74, 6) is 0. The predicted octanol–water partition coefficient (Wildman–Crippen LogP) is 4.79. The van der Waals surface area contributed by atoms with Crippen molar-refractivity contribution in [1.29, 1.82) is 0 Å². The lowest BCUT2D eigenvalue weighted by Crippen LogP contribution is -2.39. The van der Waals surface area contributed by atoms with Crippen LogP contribution in [-0.4, -0.2) is 29.5 Å². The van der Waals surface area contributed by atoms with Gasteiger partial charge in [-0.05, 0) is 44.6 Å². The van der Waals surface area contributed by atoms with Gasteiger partial charge in [0.1, 0.15) is 0 Å². The van der Waals surface area contributed by atoms with Gasteiger partial charge in [-0.25, -0.2) is 0 Å². The maximum Gasteiger partial charge on any atom is 0.0584 e. The van der Waals surface area contributed by atoms with Crippen LogP contribution in [0.25, 0.3) is 0 Å². The summed E-state index contributed by atoms with van der Waals surface area (Å²) in [5.41, 5.74) is 4.51. The Bertz CT molecular complexity index is 520. The van der Waals surface area contributed by atoms with E-state index in [2.05, 4.69) is 58.7 Å². The molecule has 3 heteroatoms. The topological polar surface area (TPSA) is 44.6 Å². The molecule has 1 saturated heterocycles. The van der Waals surface area contributed by atoms with Crippen LogP contribution in [0.3, 0.4) is 0 Å². The fourth-order valence-electron chi connectivity index (χ4n) is 2.80. The Labute approximate surface area is 148 Å². The first-order chi connectivity index (χ1) is 11.2. The first-order valence-corrected chi connectivity index (χ1v) is 9.15. The Balaban J connectivity index is 2.91. The molecule has 0 aromatic rings. The second-order valence-corrected chi connectivity index (χ2v) is 7.89. The van der Waals surface area contributed by atoms with Gasteiger partial charge in [-0.2, -0.15) is 0 Å². The van der Waals surface area contributed by atoms with Crippen LogP contribution in [0.15, 0.2) is 40.6 Å². The lowest BCUT2D eigenvalue weighted by molar-refractivity contribution is 0.233. The maximum atomic E-state index is 9.45. The van der Waals surface area contributed by atoms with Crippen LogP contribution in [0, 0.1) is 5.41 Å². The molecule has 1 fully saturated rings. The van der Waals surface area contributed by atoms with Gasteiger partial charge in [-0.1, -0.05) is 57.9 Å². The van der Waals surface area contributed by atoms with E-state index in [4.69, 9.17) is 4.99 Å². The van der Waals surface area contributed by atoms with E-state index < -0.39 is 0 Å². The maximum absolute atomic E-state index is 9.45. The smallest absolute Gasteiger partial charge is 0.0584 e. The molecule has 0 aromatic carbocycles. The number of aliphatic hydroxyl groups is 1. The van der Waals surface area contributed by atoms with Crippen molar-refractivity contribution >= 4 is 5.71 Å². The van der Waals surface area contributed by atoms with Crippen molar-refractivity contribution in [2.24, 2.45) is 10.4 Å². The molecule has 2 unspecified atom stereocenters. The third-order valence-corrected chi connectivity index (χ3v) is 4.95. The first-order valence-electron chi connectivity index (χ1n) is 9.15. The third kappa shape index (κ3) is 6.37. The van der Waals surface area contributed by atoms with Crippen LogP contribution < -0.4 is 5.32 Å². The molecule has 24 heavy (non-hydrogen) atoms. The Kier molecular flexibility index (Phi) is 8.11. The van der Waals surface area contributed by atoms with Gasteiger partial charge in [-0.3, -0.25) is 4.99 Å². The van der Waals surface area contributed by atoms with Gasteiger partial charge in [-0.15, -0.1) is 0 Å². The van der Waals surface area contributed by atoms with Gasteiger partial charge in [0.05, 0.1) is 12.3 Å². The van der Waals surface area contributed by atoms with Crippen LogP contribution in [0.5, 0.6) is 0 Å². The molecule has 0 amide bonds. The lowest BCUT2D eigenvalue weighted by Gasteiger charge is -2.22. The highest BCUT2D eigenvalue weighted by Gasteiger charge is 2.21. The molecule has 1 aliphatic heterocycles. The van der Waals surface area contributed by atoms with Crippen molar-refractivity contribution in [3.8, 4) is 0 Å². The number of hydrogen-bond donors (Lipinski definition) is 2. The Morgan fingerprint density at radius 1 is 1.25 bits per heavy atom. The summed E-state index contributed by atoms with van der Waals surface area (Å²) >= 11 is 0. The van der Waals surface area contributed by atoms with E-state index >= 15 is 0 Å². The number of allylic oxidation sites excluding steroid dienone is 4. The zero-order valence-electron chi connectivity index (χ0n) is 16.4. The van der Waals surface area contributed by atoms with Crippen molar-refractivity contribution < 1.29 is 5.11 Å². The molecule has 136 valence electrons. The summed E-state index contributed by atoms with van der Waals surface area (Å²) in [5, 5.41) is 13.0. The molecule has 0 saturated carbocycles. The van der Waals surface area contributed by atoms with Gasteiger partial charge in [0.15, 0.2) is 0 Å². The van der Waals surface area contributed by atoms with E-state index in [9.17, 15) is 5.11 Å². The molecule has 2 atom stereocenters. The SMILES string of the molecule is C=C(N=C(C)C(=C\C)/C=C(\C)C(C)(C)C)C1CCCCC(CO)N1. The molecule has 2 N–H and O–H groups in total. The van der Waals surface area contributed by atoms with E-state index in [-0.39, 0.29) is 24.1 Å². The second-order valence-electron chi connectivity index (χ2n) is 7.89. The second kappa shape index (κ2) is 9.33. The van der Waals surface area contributed by atoms with Crippen molar-refractivity contribution in [2.75, 3.05) is 6.61 Å². The molecule has 0 bridgehead atoms. The largest absolute Gasteiger partial charge is 0.395 e. The summed E-state index contributed by atoms with van der Waals surface area (Å²) in [4.78, 5) is 4.78. The summed E-state index contributed by atoms with van der Waals surface area (Å²) in [6, 6.07) is 0.319. The Hall–Kier alpha value is -1.19. The van der Waals surface area contributed by atoms with Crippen LogP contribution >= 0.6 is 0 Å². The highest BCUT2D eigenvalue weighted by Crippen LogP contribution is 2.26. The molecule has 0 radical (unpaired) electrons. The van der Waals surface area contributed by atoms with E-state index in [1.54, 1.807) is 0 Å². The Morgan fingerprint density at radius 2 is 1.88 bits per heavy atom. The molecule has 1 aliphatic rings. The monoisotopic (exact) mass is 332 g/mol. The van der Waals surface area contributed by atoms with E-state index in [1.807, 2.05) is 6.92 Å². The summed E-state index contributed by atoms with van der Waals surface area (Å²) in [6.45, 7) is 17.3. The first kappa shape index (κ1) is 20.9. The van der Waals surface area contributed by atoms with Crippen molar-refractivity contribution in [3.63, 3.8) is 0 Å². The van der Waals surface area contributed by atoms with Crippen molar-refractivity contribution in [3.05, 3.63) is 35.6 Å². The summed E-state index contributed by atoms with van der Waals surface area (Å²) in [7, 11) is 0. The number of nitrogens with zero attached hydrogens (tertiary/aromatic N) is 1. The summed E-state index contributed by atoms with van der Waals surface area (Å²) < 4.78 is 0. The Morgan fingerprint density at radius 3 is 2.42 bits per heavy atom. The molecular weight excluding hydrogens is 296 g/mol. The van der Waals surface area contributed by atoms with Crippen molar-refractivity contribution in [1.82, 2.24) is 5.32 Å². The minimum absolute atomic E-state index is 0.155. The molecular formula is C21H36N2O. The molecule has 3 nitrogen and oxygen atoms in total. The molecule has 1 rings (SSSR count). The fraction of sp³-hybridized carbons (Fsp3) is 0.667. The average Bonchev–Trinajstić information content (AvgIpc) is 2.76. The van der Waals surface area contributed by atoms with Gasteiger partial charge in [0.2, 0.25) is 0 Å². The molecule has 0 aliphatic carbocycles. The van der Waals surface area contributed by atoms with Crippen LogP contribution in [-0.2, 0) is 0 Å². The number of aliphatic hydroxyl groups excluding tert-OH is 1. The van der Waals surface area contributed by atoms with Crippen LogP contribution in [0.4, 0.5) is 0 Å². The van der Waals surface area contributed by atoms with Gasteiger partial charge < -0.3 is 10.4 Å². The van der Waals surface area contributed by atoms with Crippen molar-refractivity contribution in [2.45, 2.75) is 79.3 Å². The highest BCUT2D eigenvalue weighted by atomic mass is 16.3. The van der Waals surface area contributed by atoms with Crippen LogP contribution in [0.1, 0.15) is 67.2 Å². The molecule has 1 heterocycles. The number of nitrogens with one attached hydrogen (secondary N) is 1. The highest BCUT2D eigenvalue weighted by molar-refractivity contribution is 6.01. The van der Waals surface area contributed by atoms with Crippen LogP contribution in [0.2, 0.25) is 0 Å². The van der Waals surface area contributed by atoms with Gasteiger partial charge in [0.25, 0.3) is 0 Å². The normalized spacial score (nSPS) is 24.7. The standard InChI is InChI=1S/C21H36N2O/c1-8-18(13-15(2)21(5,6)7)16(3)22-17(4)20-12-10-9-11-19(14-24)23-20/h8,13,19-20,23-24H,4,9-12,14H2,1-3,5-7H3/b15-13+,18-8-,22-16?. The number of hydrogen-bond acceptors (Lipinski definition) is 3. The number of aliphatic imine (C=N–C) groups is 1. The number of rotatable bonds is 5. The van der Waals surface area contributed by atoms with Gasteiger partial charge in [0, 0.05) is 17.8 Å². The van der Waals surface area contributed by atoms with E-state index in [0.29, 0.717) is 0 Å². The minimum atomic E-state index is 0.155. The van der Waals surface area contributed by atoms with E-state index in [0.717, 1.165) is 42.7 Å². The zero-order chi connectivity index (χ0) is 18.3. The quantitative estimate of drug-likeness (QED) is 0.561. The van der Waals surface area contributed by atoms with Gasteiger partial charge >= 0.3 is 0 Å². The fourth-order valence-corrected chi connectivity index (χ4v) is 2.80. The molecule has 0 aromatic heterocycles. The van der Waals surface area contributed by atoms with E-state index in [1.165, 1.54) is 5.57 Å². The zero-order valence-corrected chi connectivity index (χ0v) is 16.4. The third-order valence-electron chi connectivity index (χ3n) is 4.95.